The third-order valence-electron chi connectivity index (χ3n) is 6.48. The number of carbonyl (C=O) groups excluding carboxylic acids is 1. The molecule has 0 saturated heterocycles. The van der Waals surface area contributed by atoms with Gasteiger partial charge in [0.2, 0.25) is 0 Å². The minimum Gasteiger partial charge on any atom is -0.455 e. The molecule has 5 rings (SSSR count). The van der Waals surface area contributed by atoms with Crippen molar-refractivity contribution >= 4 is 33.2 Å². The molecule has 1 amide bonds. The molecule has 5 nitrogen and oxygen atoms in total. The molecule has 1 aromatic heterocycles. The SMILES string of the molecule is CCCCN(C(=O)C(Cc1ccccc1)n1sc2ccccc2c1=O)c1ccccc1Oc1ccccc1. The molecule has 0 bridgehead atoms. The van der Waals surface area contributed by atoms with E-state index in [0.29, 0.717) is 35.5 Å². The topological polar surface area (TPSA) is 51.5 Å². The van der Waals surface area contributed by atoms with Crippen LogP contribution in [-0.4, -0.2) is 16.4 Å². The quantitative estimate of drug-likeness (QED) is 0.191. The van der Waals surface area contributed by atoms with Crippen LogP contribution in [0.2, 0.25) is 0 Å². The minimum atomic E-state index is -0.691. The van der Waals surface area contributed by atoms with Crippen LogP contribution in [0.15, 0.2) is 114 Å². The fourth-order valence-electron chi connectivity index (χ4n) is 4.53. The molecule has 0 aliphatic carbocycles. The lowest BCUT2D eigenvalue weighted by Gasteiger charge is -2.29. The van der Waals surface area contributed by atoms with E-state index >= 15 is 0 Å². The second-order valence-corrected chi connectivity index (χ2v) is 10.2. The number of hydrogen-bond donors (Lipinski definition) is 0. The summed E-state index contributed by atoms with van der Waals surface area (Å²) < 4.78 is 8.76. The largest absolute Gasteiger partial charge is 0.455 e. The molecule has 5 aromatic rings. The number of unbranched alkanes of at least 4 members (excludes halogenated alkanes) is 1. The number of amides is 1. The third-order valence-corrected chi connectivity index (χ3v) is 7.65. The zero-order valence-electron chi connectivity index (χ0n) is 21.3. The number of anilines is 1. The van der Waals surface area contributed by atoms with Gasteiger partial charge in [-0.1, -0.05) is 97.7 Å². The van der Waals surface area contributed by atoms with Crippen molar-refractivity contribution in [3.05, 3.63) is 125 Å². The summed E-state index contributed by atoms with van der Waals surface area (Å²) in [5, 5.41) is 0.635. The molecule has 4 aromatic carbocycles. The Morgan fingerprint density at radius 2 is 1.53 bits per heavy atom. The van der Waals surface area contributed by atoms with Gasteiger partial charge in [0.25, 0.3) is 11.5 Å². The van der Waals surface area contributed by atoms with Gasteiger partial charge < -0.3 is 9.64 Å². The standard InChI is InChI=1S/C32H30N2O3S/c1-2-3-22-33(27-19-11-12-20-29(27)37-25-16-8-5-9-17-25)32(36)28(23-24-14-6-4-7-15-24)34-31(35)26-18-10-13-21-30(26)38-34/h4-21,28H,2-3,22-23H2,1H3. The first-order valence-electron chi connectivity index (χ1n) is 12.9. The van der Waals surface area contributed by atoms with Crippen molar-refractivity contribution in [1.82, 2.24) is 3.96 Å². The van der Waals surface area contributed by atoms with E-state index in [0.717, 1.165) is 23.1 Å². The molecule has 38 heavy (non-hydrogen) atoms. The number of benzene rings is 4. The highest BCUT2D eigenvalue weighted by Gasteiger charge is 2.31. The summed E-state index contributed by atoms with van der Waals surface area (Å²) in [5.74, 6) is 1.18. The maximum absolute atomic E-state index is 14.5. The highest BCUT2D eigenvalue weighted by molar-refractivity contribution is 7.14. The Bertz CT molecular complexity index is 1560. The Morgan fingerprint density at radius 1 is 0.868 bits per heavy atom. The lowest BCUT2D eigenvalue weighted by molar-refractivity contribution is -0.121. The monoisotopic (exact) mass is 522 g/mol. The number of ether oxygens (including phenoxy) is 1. The fourth-order valence-corrected chi connectivity index (χ4v) is 5.61. The maximum atomic E-state index is 14.5. The first-order chi connectivity index (χ1) is 18.7. The number of aromatic nitrogens is 1. The van der Waals surface area contributed by atoms with E-state index in [2.05, 4.69) is 6.92 Å². The van der Waals surface area contributed by atoms with E-state index in [1.807, 2.05) is 109 Å². The molecule has 0 fully saturated rings. The highest BCUT2D eigenvalue weighted by atomic mass is 32.1. The van der Waals surface area contributed by atoms with Crippen molar-refractivity contribution in [2.75, 3.05) is 11.4 Å². The lowest BCUT2D eigenvalue weighted by Crippen LogP contribution is -2.41. The van der Waals surface area contributed by atoms with Gasteiger partial charge in [0.1, 0.15) is 11.8 Å². The average Bonchev–Trinajstić information content (AvgIpc) is 3.29. The summed E-state index contributed by atoms with van der Waals surface area (Å²) in [6, 6.07) is 33.9. The number of hydrogen-bond acceptors (Lipinski definition) is 4. The van der Waals surface area contributed by atoms with Crippen molar-refractivity contribution in [2.45, 2.75) is 32.2 Å². The van der Waals surface area contributed by atoms with Crippen LogP contribution in [0.25, 0.3) is 10.1 Å². The molecule has 0 spiro atoms. The Balaban J connectivity index is 1.59. The summed E-state index contributed by atoms with van der Waals surface area (Å²) in [6.45, 7) is 2.63. The van der Waals surface area contributed by atoms with E-state index in [-0.39, 0.29) is 11.5 Å². The Hall–Kier alpha value is -4.16. The van der Waals surface area contributed by atoms with Crippen molar-refractivity contribution in [2.24, 2.45) is 0 Å². The number of fused-ring (bicyclic) bond motifs is 1. The fraction of sp³-hybridized carbons (Fsp3) is 0.188. The number of nitrogens with zero attached hydrogens (tertiary/aromatic N) is 2. The van der Waals surface area contributed by atoms with Gasteiger partial charge in [-0.25, -0.2) is 0 Å². The van der Waals surface area contributed by atoms with E-state index in [1.54, 1.807) is 8.86 Å². The maximum Gasteiger partial charge on any atom is 0.269 e. The van der Waals surface area contributed by atoms with Crippen molar-refractivity contribution in [3.8, 4) is 11.5 Å². The zero-order valence-corrected chi connectivity index (χ0v) is 22.1. The second kappa shape index (κ2) is 11.9. The zero-order chi connectivity index (χ0) is 26.3. The predicted molar refractivity (Wildman–Crippen MR) is 155 cm³/mol. The van der Waals surface area contributed by atoms with Gasteiger partial charge in [-0.3, -0.25) is 13.5 Å². The van der Waals surface area contributed by atoms with Gasteiger partial charge >= 0.3 is 0 Å². The molecule has 0 aliphatic heterocycles. The van der Waals surface area contributed by atoms with Crippen LogP contribution >= 0.6 is 11.5 Å². The summed E-state index contributed by atoms with van der Waals surface area (Å²) in [6.07, 6.45) is 2.17. The van der Waals surface area contributed by atoms with Gasteiger partial charge in [-0.2, -0.15) is 0 Å². The first-order valence-corrected chi connectivity index (χ1v) is 13.7. The van der Waals surface area contributed by atoms with Crippen LogP contribution in [0.1, 0.15) is 31.4 Å². The summed E-state index contributed by atoms with van der Waals surface area (Å²) >= 11 is 1.35. The molecule has 0 N–H and O–H groups in total. The molecular formula is C32H30N2O3S. The molecule has 6 heteroatoms. The molecule has 1 heterocycles. The van der Waals surface area contributed by atoms with Crippen molar-refractivity contribution < 1.29 is 9.53 Å². The molecule has 1 unspecified atom stereocenters. The molecule has 0 saturated carbocycles. The number of rotatable bonds is 10. The smallest absolute Gasteiger partial charge is 0.269 e. The summed E-state index contributed by atoms with van der Waals surface area (Å²) in [7, 11) is 0. The van der Waals surface area contributed by atoms with Crippen LogP contribution in [-0.2, 0) is 11.2 Å². The van der Waals surface area contributed by atoms with Gasteiger partial charge in [0.05, 0.1) is 15.8 Å². The van der Waals surface area contributed by atoms with Gasteiger partial charge in [-0.05, 0) is 48.4 Å². The Kier molecular flexibility index (Phi) is 8.00. The van der Waals surface area contributed by atoms with Crippen LogP contribution < -0.4 is 15.2 Å². The Morgan fingerprint density at radius 3 is 2.26 bits per heavy atom. The second-order valence-electron chi connectivity index (χ2n) is 9.15. The number of para-hydroxylation sites is 3. The third kappa shape index (κ3) is 5.55. The normalized spacial score (nSPS) is 11.8. The van der Waals surface area contributed by atoms with E-state index < -0.39 is 6.04 Å². The average molecular weight is 523 g/mol. The van der Waals surface area contributed by atoms with Crippen LogP contribution in [0.3, 0.4) is 0 Å². The van der Waals surface area contributed by atoms with Crippen molar-refractivity contribution in [1.29, 1.82) is 0 Å². The lowest BCUT2D eigenvalue weighted by atomic mass is 10.0. The van der Waals surface area contributed by atoms with E-state index in [1.165, 1.54) is 11.5 Å². The van der Waals surface area contributed by atoms with Gasteiger partial charge in [0, 0.05) is 13.0 Å². The van der Waals surface area contributed by atoms with Crippen molar-refractivity contribution in [3.63, 3.8) is 0 Å². The molecule has 1 atom stereocenters. The van der Waals surface area contributed by atoms with Crippen LogP contribution in [0.4, 0.5) is 5.69 Å². The molecule has 192 valence electrons. The highest BCUT2D eigenvalue weighted by Crippen LogP contribution is 2.35. The van der Waals surface area contributed by atoms with E-state index in [4.69, 9.17) is 4.74 Å². The summed E-state index contributed by atoms with van der Waals surface area (Å²) in [4.78, 5) is 29.8. The Labute approximate surface area is 226 Å². The predicted octanol–water partition coefficient (Wildman–Crippen LogP) is 7.47. The minimum absolute atomic E-state index is 0.125. The first kappa shape index (κ1) is 25.5. The molecule has 0 aliphatic rings. The van der Waals surface area contributed by atoms with Gasteiger partial charge in [0.15, 0.2) is 5.75 Å². The van der Waals surface area contributed by atoms with Crippen LogP contribution in [0, 0.1) is 0 Å². The molecular weight excluding hydrogens is 492 g/mol. The van der Waals surface area contributed by atoms with E-state index in [9.17, 15) is 9.59 Å². The summed E-state index contributed by atoms with van der Waals surface area (Å²) in [5.41, 5.74) is 1.56. The van der Waals surface area contributed by atoms with Gasteiger partial charge in [-0.15, -0.1) is 0 Å². The van der Waals surface area contributed by atoms with Crippen LogP contribution in [0.5, 0.6) is 11.5 Å². The number of carbonyl (C=O) groups is 1. The molecule has 0 radical (unpaired) electrons.